The van der Waals surface area contributed by atoms with Crippen LogP contribution < -0.4 is 0 Å². The van der Waals surface area contributed by atoms with Crippen LogP contribution in [0.1, 0.15) is 24.8 Å². The van der Waals surface area contributed by atoms with E-state index in [0.29, 0.717) is 16.3 Å². The molecule has 0 aromatic carbocycles. The van der Waals surface area contributed by atoms with Gasteiger partial charge in [-0.3, -0.25) is 4.79 Å². The second kappa shape index (κ2) is 7.62. The van der Waals surface area contributed by atoms with Crippen LogP contribution in [0.5, 0.6) is 0 Å². The molecule has 0 saturated carbocycles. The van der Waals surface area contributed by atoms with Crippen molar-refractivity contribution in [3.63, 3.8) is 0 Å². The predicted molar refractivity (Wildman–Crippen MR) is 93.4 cm³/mol. The van der Waals surface area contributed by atoms with Gasteiger partial charge in [0, 0.05) is 13.1 Å². The van der Waals surface area contributed by atoms with Gasteiger partial charge in [0.05, 0.1) is 21.9 Å². The zero-order valence-electron chi connectivity index (χ0n) is 12.7. The van der Waals surface area contributed by atoms with E-state index in [1.165, 1.54) is 18.2 Å². The summed E-state index contributed by atoms with van der Waals surface area (Å²) in [5.41, 5.74) is 1.38. The minimum absolute atomic E-state index is 0.141. The first-order valence-corrected chi connectivity index (χ1v) is 9.50. The van der Waals surface area contributed by atoms with Gasteiger partial charge in [-0.1, -0.05) is 17.8 Å². The number of rotatable bonds is 4. The maximum absolute atomic E-state index is 12.3. The van der Waals surface area contributed by atoms with Gasteiger partial charge >= 0.3 is 0 Å². The lowest BCUT2D eigenvalue weighted by atomic mass is 10.1. The Morgan fingerprint density at radius 1 is 1.30 bits per heavy atom. The van der Waals surface area contributed by atoms with E-state index < -0.39 is 0 Å². The van der Waals surface area contributed by atoms with Crippen LogP contribution in [-0.2, 0) is 4.79 Å². The summed E-state index contributed by atoms with van der Waals surface area (Å²) in [6.45, 7) is 1.71. The molecule has 118 valence electrons. The molecule has 4 nitrogen and oxygen atoms in total. The van der Waals surface area contributed by atoms with E-state index in [0.717, 1.165) is 36.5 Å². The molecule has 0 spiro atoms. The molecule has 1 aliphatic heterocycles. The monoisotopic (exact) mass is 343 g/mol. The van der Waals surface area contributed by atoms with Crippen molar-refractivity contribution in [2.24, 2.45) is 0 Å². The number of pyridine rings is 1. The fourth-order valence-corrected chi connectivity index (χ4v) is 4.13. The van der Waals surface area contributed by atoms with Crippen LogP contribution in [0.25, 0.3) is 10.6 Å². The second-order valence-electron chi connectivity index (χ2n) is 5.37. The van der Waals surface area contributed by atoms with Crippen molar-refractivity contribution in [2.75, 3.05) is 18.8 Å². The molecule has 0 aliphatic carbocycles. The smallest absolute Gasteiger partial charge is 0.232 e. The summed E-state index contributed by atoms with van der Waals surface area (Å²) in [4.78, 5) is 19.9. The zero-order chi connectivity index (χ0) is 16.1. The van der Waals surface area contributed by atoms with Gasteiger partial charge < -0.3 is 4.90 Å². The van der Waals surface area contributed by atoms with E-state index >= 15 is 0 Å². The molecule has 0 radical (unpaired) electrons. The van der Waals surface area contributed by atoms with E-state index in [2.05, 4.69) is 11.1 Å². The maximum atomic E-state index is 12.3. The number of carbonyl (C=O) groups excluding carboxylic acids is 1. The Labute approximate surface area is 144 Å². The van der Waals surface area contributed by atoms with Crippen LogP contribution in [0, 0.1) is 11.3 Å². The first-order valence-electron chi connectivity index (χ1n) is 7.63. The van der Waals surface area contributed by atoms with Gasteiger partial charge in [-0.15, -0.1) is 11.3 Å². The molecular weight excluding hydrogens is 326 g/mol. The minimum atomic E-state index is 0.141. The molecule has 1 amide bonds. The number of likely N-dealkylation sites (tertiary alicyclic amines) is 1. The molecule has 1 saturated heterocycles. The van der Waals surface area contributed by atoms with Gasteiger partial charge in [-0.2, -0.15) is 5.26 Å². The van der Waals surface area contributed by atoms with Crippen molar-refractivity contribution in [1.82, 2.24) is 9.88 Å². The molecule has 0 N–H and O–H groups in total. The van der Waals surface area contributed by atoms with Crippen LogP contribution in [0.2, 0.25) is 0 Å². The number of nitriles is 1. The molecule has 3 heterocycles. The normalized spacial score (nSPS) is 14.5. The average molecular weight is 343 g/mol. The molecule has 1 fully saturated rings. The zero-order valence-corrected chi connectivity index (χ0v) is 14.3. The molecule has 0 bridgehead atoms. The molecule has 2 aromatic heterocycles. The maximum Gasteiger partial charge on any atom is 0.232 e. The summed E-state index contributed by atoms with van der Waals surface area (Å²) >= 11 is 2.98. The van der Waals surface area contributed by atoms with Crippen molar-refractivity contribution < 1.29 is 4.79 Å². The third-order valence-electron chi connectivity index (χ3n) is 3.80. The second-order valence-corrected chi connectivity index (χ2v) is 7.28. The first-order chi connectivity index (χ1) is 11.3. The van der Waals surface area contributed by atoms with Crippen molar-refractivity contribution >= 4 is 29.0 Å². The predicted octanol–water partition coefficient (Wildman–Crippen LogP) is 3.79. The average Bonchev–Trinajstić information content (AvgIpc) is 3.15. The summed E-state index contributed by atoms with van der Waals surface area (Å²) in [6.07, 6.45) is 3.39. The summed E-state index contributed by atoms with van der Waals surface area (Å²) in [5.74, 6) is 0.483. The lowest BCUT2D eigenvalue weighted by Gasteiger charge is -2.26. The van der Waals surface area contributed by atoms with Crippen LogP contribution in [-0.4, -0.2) is 34.6 Å². The third-order valence-corrected chi connectivity index (χ3v) is 5.66. The molecule has 23 heavy (non-hydrogen) atoms. The highest BCUT2D eigenvalue weighted by Crippen LogP contribution is 2.28. The van der Waals surface area contributed by atoms with Crippen molar-refractivity contribution in [3.05, 3.63) is 35.2 Å². The Balaban J connectivity index is 1.72. The number of amides is 1. The fourth-order valence-electron chi connectivity index (χ4n) is 2.56. The van der Waals surface area contributed by atoms with E-state index in [4.69, 9.17) is 0 Å². The third kappa shape index (κ3) is 3.92. The Hall–Kier alpha value is -1.84. The summed E-state index contributed by atoms with van der Waals surface area (Å²) in [7, 11) is 0. The Morgan fingerprint density at radius 2 is 2.13 bits per heavy atom. The standard InChI is InChI=1S/C17H17N3OS2/c18-11-13-6-7-14(15-5-4-10-22-15)19-17(13)23-12-16(21)20-8-2-1-3-9-20/h4-7,10H,1-3,8-9,12H2. The van der Waals surface area contributed by atoms with Gasteiger partial charge in [-0.25, -0.2) is 4.98 Å². The highest BCUT2D eigenvalue weighted by Gasteiger charge is 2.18. The number of carbonyl (C=O) groups is 1. The Kier molecular flexibility index (Phi) is 5.31. The Morgan fingerprint density at radius 3 is 2.83 bits per heavy atom. The largest absolute Gasteiger partial charge is 0.342 e. The number of aromatic nitrogens is 1. The van der Waals surface area contributed by atoms with E-state index in [1.54, 1.807) is 17.4 Å². The van der Waals surface area contributed by atoms with Crippen LogP contribution >= 0.6 is 23.1 Å². The van der Waals surface area contributed by atoms with E-state index in [9.17, 15) is 10.1 Å². The highest BCUT2D eigenvalue weighted by atomic mass is 32.2. The van der Waals surface area contributed by atoms with Gasteiger partial charge in [0.25, 0.3) is 0 Å². The van der Waals surface area contributed by atoms with Gasteiger partial charge in [0.15, 0.2) is 0 Å². The summed E-state index contributed by atoms with van der Waals surface area (Å²) < 4.78 is 0. The number of thiophene rings is 1. The lowest BCUT2D eigenvalue weighted by molar-refractivity contribution is -0.129. The van der Waals surface area contributed by atoms with Crippen LogP contribution in [0.15, 0.2) is 34.7 Å². The first kappa shape index (κ1) is 16.0. The molecule has 6 heteroatoms. The summed E-state index contributed by atoms with van der Waals surface area (Å²) in [5, 5.41) is 11.9. The molecule has 1 aliphatic rings. The number of hydrogen-bond donors (Lipinski definition) is 0. The van der Waals surface area contributed by atoms with Crippen molar-refractivity contribution in [1.29, 1.82) is 5.26 Å². The van der Waals surface area contributed by atoms with Gasteiger partial charge in [-0.05, 0) is 42.8 Å². The number of hydrogen-bond acceptors (Lipinski definition) is 5. The van der Waals surface area contributed by atoms with Crippen molar-refractivity contribution in [3.8, 4) is 16.6 Å². The summed E-state index contributed by atoms with van der Waals surface area (Å²) in [6, 6.07) is 9.80. The van der Waals surface area contributed by atoms with E-state index in [-0.39, 0.29) is 5.91 Å². The fraction of sp³-hybridized carbons (Fsp3) is 0.353. The highest BCUT2D eigenvalue weighted by molar-refractivity contribution is 8.00. The molecule has 3 rings (SSSR count). The lowest BCUT2D eigenvalue weighted by Crippen LogP contribution is -2.36. The number of piperidine rings is 1. The number of thioether (sulfide) groups is 1. The van der Waals surface area contributed by atoms with Crippen LogP contribution in [0.4, 0.5) is 0 Å². The van der Waals surface area contributed by atoms with Crippen molar-refractivity contribution in [2.45, 2.75) is 24.3 Å². The van der Waals surface area contributed by atoms with E-state index in [1.807, 2.05) is 28.5 Å². The van der Waals surface area contributed by atoms with Gasteiger partial charge in [0.2, 0.25) is 5.91 Å². The van der Waals surface area contributed by atoms with Crippen LogP contribution in [0.3, 0.4) is 0 Å². The topological polar surface area (TPSA) is 57.0 Å². The minimum Gasteiger partial charge on any atom is -0.342 e. The molecule has 0 atom stereocenters. The SMILES string of the molecule is N#Cc1ccc(-c2cccs2)nc1SCC(=O)N1CCCCC1. The Bertz CT molecular complexity index is 716. The van der Waals surface area contributed by atoms with Gasteiger partial charge in [0.1, 0.15) is 11.1 Å². The molecular formula is C17H17N3OS2. The molecule has 2 aromatic rings. The quantitative estimate of drug-likeness (QED) is 0.793. The number of nitrogens with zero attached hydrogens (tertiary/aromatic N) is 3. The molecule has 0 unspecified atom stereocenters.